The number of nitro benzene ring substituents is 1. The van der Waals surface area contributed by atoms with Gasteiger partial charge >= 0.3 is 0 Å². The van der Waals surface area contributed by atoms with Crippen molar-refractivity contribution in [1.29, 1.82) is 0 Å². The number of hydrogen-bond donors (Lipinski definition) is 2. The van der Waals surface area contributed by atoms with Gasteiger partial charge in [-0.2, -0.15) is 0 Å². The van der Waals surface area contributed by atoms with Crippen LogP contribution in [0.3, 0.4) is 0 Å². The summed E-state index contributed by atoms with van der Waals surface area (Å²) in [5.74, 6) is 0. The quantitative estimate of drug-likeness (QED) is 0.436. The summed E-state index contributed by atoms with van der Waals surface area (Å²) in [5, 5.41) is 17.4. The molecule has 2 rings (SSSR count). The Morgan fingerprint density at radius 3 is 2.61 bits per heavy atom. The van der Waals surface area contributed by atoms with Gasteiger partial charge in [-0.3, -0.25) is 10.1 Å². The molecule has 0 amide bonds. The van der Waals surface area contributed by atoms with Crippen LogP contribution in [0.2, 0.25) is 5.02 Å². The topological polar surface area (TPSA) is 67.2 Å². The molecule has 120 valence electrons. The van der Waals surface area contributed by atoms with Crippen LogP contribution in [0.5, 0.6) is 0 Å². The van der Waals surface area contributed by atoms with E-state index in [0.717, 1.165) is 13.1 Å². The van der Waals surface area contributed by atoms with Gasteiger partial charge in [0.25, 0.3) is 5.69 Å². The van der Waals surface area contributed by atoms with Gasteiger partial charge in [-0.05, 0) is 11.6 Å². The van der Waals surface area contributed by atoms with Crippen molar-refractivity contribution < 1.29 is 4.92 Å². The molecule has 0 saturated carbocycles. The lowest BCUT2D eigenvalue weighted by molar-refractivity contribution is -0.384. The zero-order valence-electron chi connectivity index (χ0n) is 12.5. The first-order valence-corrected chi connectivity index (χ1v) is 7.65. The molecule has 0 atom stereocenters. The van der Waals surface area contributed by atoms with Crippen molar-refractivity contribution >= 4 is 29.1 Å². The molecule has 5 nitrogen and oxygen atoms in total. The Balaban J connectivity index is 1.68. The summed E-state index contributed by atoms with van der Waals surface area (Å²) in [6.07, 6.45) is 4.13. The highest BCUT2D eigenvalue weighted by Gasteiger charge is 2.08. The number of nitrogens with zero attached hydrogens (tertiary/aromatic N) is 1. The number of nitrogens with one attached hydrogen (secondary N) is 2. The van der Waals surface area contributed by atoms with Crippen LogP contribution in [0, 0.1) is 10.1 Å². The molecule has 0 aliphatic rings. The van der Waals surface area contributed by atoms with Crippen LogP contribution in [-0.2, 0) is 0 Å². The van der Waals surface area contributed by atoms with Crippen LogP contribution in [0.1, 0.15) is 5.56 Å². The van der Waals surface area contributed by atoms with Crippen molar-refractivity contribution in [2.75, 3.05) is 25.0 Å². The van der Waals surface area contributed by atoms with Crippen LogP contribution >= 0.6 is 11.6 Å². The lowest BCUT2D eigenvalue weighted by Crippen LogP contribution is -2.22. The fourth-order valence-electron chi connectivity index (χ4n) is 1.99. The van der Waals surface area contributed by atoms with Gasteiger partial charge < -0.3 is 10.6 Å². The minimum absolute atomic E-state index is 0.00951. The molecule has 2 aromatic carbocycles. The second kappa shape index (κ2) is 8.92. The lowest BCUT2D eigenvalue weighted by Gasteiger charge is -2.08. The third-order valence-electron chi connectivity index (χ3n) is 3.15. The second-order valence-corrected chi connectivity index (χ2v) is 5.27. The number of benzene rings is 2. The standard InChI is InChI=1S/C17H18ClN3O2/c18-16-13-15(21(22)23)8-9-17(16)20-12-11-19-10-4-7-14-5-2-1-3-6-14/h1-9,13,19-20H,10-12H2. The predicted octanol–water partition coefficient (Wildman–Crippen LogP) is 3.96. The Labute approximate surface area is 140 Å². The van der Waals surface area contributed by atoms with Crippen LogP contribution < -0.4 is 10.6 Å². The summed E-state index contributed by atoms with van der Waals surface area (Å²) in [5.41, 5.74) is 1.86. The van der Waals surface area contributed by atoms with E-state index in [1.807, 2.05) is 18.2 Å². The van der Waals surface area contributed by atoms with E-state index < -0.39 is 4.92 Å². The van der Waals surface area contributed by atoms with Crippen molar-refractivity contribution in [2.45, 2.75) is 0 Å². The van der Waals surface area contributed by atoms with E-state index in [2.05, 4.69) is 34.9 Å². The molecule has 0 bridgehead atoms. The van der Waals surface area contributed by atoms with Gasteiger partial charge in [-0.25, -0.2) is 0 Å². The molecule has 0 spiro atoms. The molecule has 6 heteroatoms. The summed E-state index contributed by atoms with van der Waals surface area (Å²) < 4.78 is 0. The van der Waals surface area contributed by atoms with E-state index in [1.165, 1.54) is 17.7 Å². The number of anilines is 1. The maximum Gasteiger partial charge on any atom is 0.271 e. The van der Waals surface area contributed by atoms with Crippen LogP contribution in [0.25, 0.3) is 6.08 Å². The normalized spacial score (nSPS) is 10.8. The molecule has 0 aliphatic heterocycles. The summed E-state index contributed by atoms with van der Waals surface area (Å²) in [6.45, 7) is 2.20. The van der Waals surface area contributed by atoms with Crippen molar-refractivity contribution in [3.8, 4) is 0 Å². The molecular weight excluding hydrogens is 314 g/mol. The number of halogens is 1. The number of non-ortho nitro benzene ring substituents is 1. The highest BCUT2D eigenvalue weighted by atomic mass is 35.5. The Bertz CT molecular complexity index is 675. The Morgan fingerprint density at radius 1 is 1.13 bits per heavy atom. The summed E-state index contributed by atoms with van der Waals surface area (Å²) in [6, 6.07) is 14.5. The average molecular weight is 332 g/mol. The SMILES string of the molecule is O=[N+]([O-])c1ccc(NCCNCC=Cc2ccccc2)c(Cl)c1. The van der Waals surface area contributed by atoms with Gasteiger partial charge in [0.2, 0.25) is 0 Å². The largest absolute Gasteiger partial charge is 0.383 e. The fourth-order valence-corrected chi connectivity index (χ4v) is 2.23. The summed E-state index contributed by atoms with van der Waals surface area (Å²) in [7, 11) is 0. The van der Waals surface area contributed by atoms with Crippen molar-refractivity contribution in [2.24, 2.45) is 0 Å². The minimum atomic E-state index is -0.462. The lowest BCUT2D eigenvalue weighted by atomic mass is 10.2. The highest BCUT2D eigenvalue weighted by Crippen LogP contribution is 2.26. The van der Waals surface area contributed by atoms with E-state index in [1.54, 1.807) is 6.07 Å². The molecule has 2 aromatic rings. The predicted molar refractivity (Wildman–Crippen MR) is 94.9 cm³/mol. The molecule has 0 aromatic heterocycles. The van der Waals surface area contributed by atoms with Gasteiger partial charge in [0.15, 0.2) is 0 Å². The van der Waals surface area contributed by atoms with Gasteiger partial charge in [0.1, 0.15) is 0 Å². The maximum absolute atomic E-state index is 10.6. The van der Waals surface area contributed by atoms with Crippen LogP contribution in [0.15, 0.2) is 54.6 Å². The summed E-state index contributed by atoms with van der Waals surface area (Å²) in [4.78, 5) is 10.2. The summed E-state index contributed by atoms with van der Waals surface area (Å²) >= 11 is 6.01. The first-order valence-electron chi connectivity index (χ1n) is 7.27. The van der Waals surface area contributed by atoms with Gasteiger partial charge in [0.05, 0.1) is 15.6 Å². The van der Waals surface area contributed by atoms with E-state index in [9.17, 15) is 10.1 Å². The Hall–Kier alpha value is -2.37. The third kappa shape index (κ3) is 5.73. The molecule has 0 radical (unpaired) electrons. The van der Waals surface area contributed by atoms with E-state index >= 15 is 0 Å². The van der Waals surface area contributed by atoms with E-state index in [4.69, 9.17) is 11.6 Å². The first-order chi connectivity index (χ1) is 11.2. The average Bonchev–Trinajstić information content (AvgIpc) is 2.56. The highest BCUT2D eigenvalue weighted by molar-refractivity contribution is 6.33. The zero-order valence-corrected chi connectivity index (χ0v) is 13.3. The molecular formula is C17H18ClN3O2. The number of rotatable bonds is 8. The molecule has 0 saturated heterocycles. The Morgan fingerprint density at radius 2 is 1.91 bits per heavy atom. The fraction of sp³-hybridized carbons (Fsp3) is 0.176. The van der Waals surface area contributed by atoms with E-state index in [0.29, 0.717) is 17.3 Å². The smallest absolute Gasteiger partial charge is 0.271 e. The molecule has 23 heavy (non-hydrogen) atoms. The van der Waals surface area contributed by atoms with Crippen molar-refractivity contribution in [3.63, 3.8) is 0 Å². The van der Waals surface area contributed by atoms with E-state index in [-0.39, 0.29) is 5.69 Å². The minimum Gasteiger partial charge on any atom is -0.383 e. The zero-order chi connectivity index (χ0) is 16.5. The molecule has 0 aliphatic carbocycles. The second-order valence-electron chi connectivity index (χ2n) is 4.87. The number of nitro groups is 1. The van der Waals surface area contributed by atoms with Crippen LogP contribution in [-0.4, -0.2) is 24.6 Å². The monoisotopic (exact) mass is 331 g/mol. The van der Waals surface area contributed by atoms with Gasteiger partial charge in [-0.1, -0.05) is 54.1 Å². The third-order valence-corrected chi connectivity index (χ3v) is 3.47. The van der Waals surface area contributed by atoms with Crippen molar-refractivity contribution in [1.82, 2.24) is 5.32 Å². The van der Waals surface area contributed by atoms with Gasteiger partial charge in [0, 0.05) is 31.8 Å². The van der Waals surface area contributed by atoms with Gasteiger partial charge in [-0.15, -0.1) is 0 Å². The first kappa shape index (κ1) is 17.0. The molecule has 0 fully saturated rings. The van der Waals surface area contributed by atoms with Crippen molar-refractivity contribution in [3.05, 3.63) is 75.3 Å². The Kier molecular flexibility index (Phi) is 6.59. The molecule has 0 unspecified atom stereocenters. The van der Waals surface area contributed by atoms with Crippen LogP contribution in [0.4, 0.5) is 11.4 Å². The molecule has 2 N–H and O–H groups in total. The number of hydrogen-bond acceptors (Lipinski definition) is 4. The molecule has 0 heterocycles. The maximum atomic E-state index is 10.6.